The Hall–Kier alpha value is -4.54. The molecule has 0 saturated carbocycles. The molecule has 9 nitrogen and oxygen atoms in total. The molecule has 0 unspecified atom stereocenters. The first kappa shape index (κ1) is 33.0. The summed E-state index contributed by atoms with van der Waals surface area (Å²) in [6.45, 7) is 6.72. The van der Waals surface area contributed by atoms with Crippen LogP contribution >= 0.6 is 0 Å². The number of aromatic amines is 1. The number of benzene rings is 4. The second-order valence-corrected chi connectivity index (χ2v) is 13.4. The number of ether oxygens (including phenoxy) is 2. The summed E-state index contributed by atoms with van der Waals surface area (Å²) < 4.78 is 15.4. The SMILES string of the molecule is CC(=O)NCc1cccc(-c2ccc([C@H]3O[C@@H](CN4CCC(n5c(=O)[nH]c6ccccc65)CC4)[C@@H](C)[C@@H](c4ccc(CO)cc4)O3)cc2)c1. The van der Waals surface area contributed by atoms with Crippen molar-refractivity contribution in [3.63, 3.8) is 0 Å². The first-order chi connectivity index (χ1) is 23.9. The number of amides is 1. The molecule has 1 amide bonds. The van der Waals surface area contributed by atoms with Gasteiger partial charge < -0.3 is 29.8 Å². The Bertz CT molecular complexity index is 1940. The monoisotopic (exact) mass is 660 g/mol. The van der Waals surface area contributed by atoms with Gasteiger partial charge in [0.05, 0.1) is 29.8 Å². The topological polar surface area (TPSA) is 109 Å². The molecule has 49 heavy (non-hydrogen) atoms. The van der Waals surface area contributed by atoms with E-state index in [0.717, 1.165) is 76.9 Å². The number of H-pyrrole nitrogens is 1. The Kier molecular flexibility index (Phi) is 9.77. The zero-order valence-corrected chi connectivity index (χ0v) is 28.0. The molecule has 9 heteroatoms. The van der Waals surface area contributed by atoms with Gasteiger partial charge in [-0.15, -0.1) is 0 Å². The lowest BCUT2D eigenvalue weighted by molar-refractivity contribution is -0.276. The Morgan fingerprint density at radius 3 is 2.35 bits per heavy atom. The zero-order chi connectivity index (χ0) is 33.9. The van der Waals surface area contributed by atoms with Gasteiger partial charge in [0.1, 0.15) is 0 Å². The normalized spacial score (nSPS) is 21.9. The van der Waals surface area contributed by atoms with Gasteiger partial charge in [-0.05, 0) is 58.9 Å². The molecule has 4 atom stereocenters. The van der Waals surface area contributed by atoms with E-state index in [1.165, 1.54) is 6.92 Å². The lowest BCUT2D eigenvalue weighted by Crippen LogP contribution is -2.47. The third-order valence-corrected chi connectivity index (χ3v) is 10.1. The number of likely N-dealkylation sites (tertiary alicyclic amines) is 1. The summed E-state index contributed by atoms with van der Waals surface area (Å²) in [6.07, 6.45) is 0.957. The van der Waals surface area contributed by atoms with Crippen LogP contribution in [0.2, 0.25) is 0 Å². The molecular formula is C40H44N4O5. The number of rotatable bonds is 9. The van der Waals surface area contributed by atoms with Gasteiger partial charge in [0.25, 0.3) is 0 Å². The van der Waals surface area contributed by atoms with Crippen molar-refractivity contribution in [1.82, 2.24) is 19.8 Å². The van der Waals surface area contributed by atoms with Crippen LogP contribution in [0.25, 0.3) is 22.2 Å². The van der Waals surface area contributed by atoms with Crippen molar-refractivity contribution in [3.8, 4) is 11.1 Å². The standard InChI is InChI=1S/C40H44N4O5/c1-26-37(24-43-20-18-34(19-21-43)44-36-9-4-3-8-35(36)42-40(44)47)48-39(49-38(26)31-12-10-28(25-45)11-13-31)32-16-14-30(15-17-32)33-7-5-6-29(22-33)23-41-27(2)46/h3-17,22,26,34,37-39,45H,18-21,23-25H2,1-2H3,(H,41,46)(H,42,47)/t26-,37+,38+,39+/m1/s1. The van der Waals surface area contributed by atoms with Crippen LogP contribution in [0, 0.1) is 5.92 Å². The van der Waals surface area contributed by atoms with Crippen molar-refractivity contribution >= 4 is 16.9 Å². The van der Waals surface area contributed by atoms with Crippen LogP contribution in [-0.4, -0.2) is 51.2 Å². The van der Waals surface area contributed by atoms with Crippen LogP contribution in [-0.2, 0) is 27.4 Å². The van der Waals surface area contributed by atoms with E-state index < -0.39 is 6.29 Å². The molecule has 3 heterocycles. The molecule has 3 N–H and O–H groups in total. The van der Waals surface area contributed by atoms with E-state index in [0.29, 0.717) is 6.54 Å². The Labute approximate surface area is 286 Å². The molecule has 2 aliphatic rings. The van der Waals surface area contributed by atoms with Gasteiger partial charge in [0.15, 0.2) is 6.29 Å². The molecule has 0 radical (unpaired) electrons. The number of hydrogen-bond acceptors (Lipinski definition) is 6. The number of para-hydroxylation sites is 2. The van der Waals surface area contributed by atoms with Crippen LogP contribution in [0.3, 0.4) is 0 Å². The Balaban J connectivity index is 1.08. The third-order valence-electron chi connectivity index (χ3n) is 10.1. The Morgan fingerprint density at radius 2 is 1.61 bits per heavy atom. The van der Waals surface area contributed by atoms with Crippen molar-refractivity contribution < 1.29 is 19.4 Å². The summed E-state index contributed by atoms with van der Waals surface area (Å²) in [7, 11) is 0. The Morgan fingerprint density at radius 1 is 0.878 bits per heavy atom. The first-order valence-corrected chi connectivity index (χ1v) is 17.2. The van der Waals surface area contributed by atoms with E-state index in [-0.39, 0.29) is 42.4 Å². The van der Waals surface area contributed by atoms with Crippen molar-refractivity contribution in [2.75, 3.05) is 19.6 Å². The van der Waals surface area contributed by atoms with E-state index in [4.69, 9.17) is 9.47 Å². The number of piperidine rings is 1. The largest absolute Gasteiger partial charge is 0.392 e. The molecule has 1 aromatic heterocycles. The average Bonchev–Trinajstić information content (AvgIpc) is 3.47. The van der Waals surface area contributed by atoms with E-state index >= 15 is 0 Å². The van der Waals surface area contributed by atoms with Crippen LogP contribution in [0.1, 0.15) is 67.4 Å². The predicted molar refractivity (Wildman–Crippen MR) is 190 cm³/mol. The van der Waals surface area contributed by atoms with E-state index in [2.05, 4.69) is 58.5 Å². The molecule has 0 aliphatic carbocycles. The summed E-state index contributed by atoms with van der Waals surface area (Å²) in [5.74, 6) is 0.0278. The second kappa shape index (κ2) is 14.5. The fourth-order valence-electron chi connectivity index (χ4n) is 7.30. The quantitative estimate of drug-likeness (QED) is 0.173. The first-order valence-electron chi connectivity index (χ1n) is 17.2. The van der Waals surface area contributed by atoms with Crippen LogP contribution in [0.4, 0.5) is 0 Å². The van der Waals surface area contributed by atoms with Gasteiger partial charge in [0.2, 0.25) is 5.91 Å². The van der Waals surface area contributed by atoms with Gasteiger partial charge in [0, 0.05) is 50.6 Å². The number of carbonyl (C=O) groups is 1. The number of hydrogen-bond donors (Lipinski definition) is 3. The van der Waals surface area contributed by atoms with Crippen LogP contribution in [0.5, 0.6) is 0 Å². The fraction of sp³-hybridized carbons (Fsp3) is 0.350. The molecule has 2 fully saturated rings. The molecule has 2 saturated heterocycles. The maximum atomic E-state index is 12.9. The molecule has 0 bridgehead atoms. The summed E-state index contributed by atoms with van der Waals surface area (Å²) in [5.41, 5.74) is 7.88. The summed E-state index contributed by atoms with van der Waals surface area (Å²) in [4.78, 5) is 29.7. The molecular weight excluding hydrogens is 616 g/mol. The summed E-state index contributed by atoms with van der Waals surface area (Å²) in [5, 5.41) is 12.5. The number of nitrogens with one attached hydrogen (secondary N) is 2. The molecule has 5 aromatic rings. The number of aromatic nitrogens is 2. The maximum absolute atomic E-state index is 12.9. The molecule has 4 aromatic carbocycles. The number of imidazole rings is 1. The highest BCUT2D eigenvalue weighted by Crippen LogP contribution is 2.42. The number of nitrogens with zero attached hydrogens (tertiary/aromatic N) is 2. The van der Waals surface area contributed by atoms with Crippen LogP contribution < -0.4 is 11.0 Å². The highest BCUT2D eigenvalue weighted by Gasteiger charge is 2.39. The number of aliphatic hydroxyl groups is 1. The van der Waals surface area contributed by atoms with Gasteiger partial charge >= 0.3 is 5.69 Å². The van der Waals surface area contributed by atoms with Gasteiger partial charge in [-0.25, -0.2) is 4.79 Å². The van der Waals surface area contributed by atoms with Gasteiger partial charge in [-0.1, -0.05) is 85.8 Å². The van der Waals surface area contributed by atoms with Crippen LogP contribution in [0.15, 0.2) is 102 Å². The highest BCUT2D eigenvalue weighted by atomic mass is 16.7. The molecule has 7 rings (SSSR count). The maximum Gasteiger partial charge on any atom is 0.326 e. The lowest BCUT2D eigenvalue weighted by atomic mass is 9.89. The number of fused-ring (bicyclic) bond motifs is 1. The minimum atomic E-state index is -0.550. The molecule has 254 valence electrons. The molecule has 0 spiro atoms. The van der Waals surface area contributed by atoms with Gasteiger partial charge in [-0.2, -0.15) is 0 Å². The number of carbonyl (C=O) groups excluding carboxylic acids is 1. The fourth-order valence-corrected chi connectivity index (χ4v) is 7.30. The van der Waals surface area contributed by atoms with Crippen molar-refractivity contribution in [1.29, 1.82) is 0 Å². The van der Waals surface area contributed by atoms with Crippen molar-refractivity contribution in [2.45, 2.75) is 64.4 Å². The summed E-state index contributed by atoms with van der Waals surface area (Å²) >= 11 is 0. The zero-order valence-electron chi connectivity index (χ0n) is 28.0. The van der Waals surface area contributed by atoms with Crippen molar-refractivity contribution in [3.05, 3.63) is 130 Å². The lowest BCUT2D eigenvalue weighted by Gasteiger charge is -2.44. The minimum Gasteiger partial charge on any atom is -0.392 e. The van der Waals surface area contributed by atoms with E-state index in [1.54, 1.807) is 0 Å². The third kappa shape index (κ3) is 7.26. The summed E-state index contributed by atoms with van der Waals surface area (Å²) in [6, 6.07) is 32.6. The number of aliphatic hydroxyl groups excluding tert-OH is 1. The second-order valence-electron chi connectivity index (χ2n) is 13.4. The van der Waals surface area contributed by atoms with E-state index in [1.807, 2.05) is 65.2 Å². The predicted octanol–water partition coefficient (Wildman–Crippen LogP) is 6.25. The minimum absolute atomic E-state index is 0.00115. The van der Waals surface area contributed by atoms with Crippen molar-refractivity contribution in [2.24, 2.45) is 5.92 Å². The van der Waals surface area contributed by atoms with E-state index in [9.17, 15) is 14.7 Å². The van der Waals surface area contributed by atoms with Gasteiger partial charge in [-0.3, -0.25) is 9.36 Å². The smallest absolute Gasteiger partial charge is 0.326 e. The molecule has 2 aliphatic heterocycles. The highest BCUT2D eigenvalue weighted by molar-refractivity contribution is 5.75. The average molecular weight is 661 g/mol.